The van der Waals surface area contributed by atoms with Gasteiger partial charge >= 0.3 is 5.97 Å². The van der Waals surface area contributed by atoms with Crippen LogP contribution in [0.4, 0.5) is 10.1 Å². The topological polar surface area (TPSA) is 83.5 Å². The van der Waals surface area contributed by atoms with E-state index in [0.717, 1.165) is 12.1 Å². The minimum atomic E-state index is -3.74. The first-order valence-corrected chi connectivity index (χ1v) is 7.03. The first-order valence-electron chi connectivity index (χ1n) is 5.00. The Morgan fingerprint density at radius 1 is 1.50 bits per heavy atom. The highest BCUT2D eigenvalue weighted by molar-refractivity contribution is 7.92. The second-order valence-electron chi connectivity index (χ2n) is 3.51. The Bertz CT molecular complexity index is 573. The second kappa shape index (κ2) is 5.53. The van der Waals surface area contributed by atoms with Gasteiger partial charge in [0.05, 0.1) is 16.3 Å². The molecular formula is C10H11ClFNO4S. The molecule has 1 aromatic carbocycles. The molecule has 0 amide bonds. The van der Waals surface area contributed by atoms with E-state index in [1.54, 1.807) is 6.92 Å². The molecule has 0 unspecified atom stereocenters. The van der Waals surface area contributed by atoms with E-state index >= 15 is 0 Å². The molecule has 8 heteroatoms. The molecule has 0 radical (unpaired) electrons. The fourth-order valence-corrected chi connectivity index (χ4v) is 2.69. The second-order valence-corrected chi connectivity index (χ2v) is 5.76. The molecule has 0 aromatic heterocycles. The van der Waals surface area contributed by atoms with E-state index in [1.807, 2.05) is 4.72 Å². The largest absolute Gasteiger partial charge is 0.478 e. The number of halogens is 2. The summed E-state index contributed by atoms with van der Waals surface area (Å²) in [7, 11) is -3.74. The lowest BCUT2D eigenvalue weighted by Crippen LogP contribution is -2.18. The van der Waals surface area contributed by atoms with Crippen LogP contribution < -0.4 is 4.72 Å². The SMILES string of the molecule is CCCS(=O)(=O)Nc1c(Cl)ccc(C(=O)O)c1F. The van der Waals surface area contributed by atoms with Crippen molar-refractivity contribution in [2.45, 2.75) is 13.3 Å². The lowest BCUT2D eigenvalue weighted by atomic mass is 10.2. The summed E-state index contributed by atoms with van der Waals surface area (Å²) < 4.78 is 38.7. The van der Waals surface area contributed by atoms with E-state index < -0.39 is 33.1 Å². The Morgan fingerprint density at radius 3 is 2.61 bits per heavy atom. The summed E-state index contributed by atoms with van der Waals surface area (Å²) in [4.78, 5) is 10.7. The number of carboxylic acid groups (broad SMARTS) is 1. The average molecular weight is 296 g/mol. The Kier molecular flexibility index (Phi) is 4.53. The zero-order chi connectivity index (χ0) is 13.9. The van der Waals surface area contributed by atoms with Crippen molar-refractivity contribution in [3.05, 3.63) is 28.5 Å². The number of anilines is 1. The predicted octanol–water partition coefficient (Wildman–Crippen LogP) is 2.33. The van der Waals surface area contributed by atoms with Crippen LogP contribution >= 0.6 is 11.6 Å². The maximum Gasteiger partial charge on any atom is 0.338 e. The fourth-order valence-electron chi connectivity index (χ4n) is 1.29. The van der Waals surface area contributed by atoms with Crippen molar-refractivity contribution in [3.63, 3.8) is 0 Å². The molecule has 0 aliphatic heterocycles. The molecule has 0 aliphatic carbocycles. The van der Waals surface area contributed by atoms with E-state index in [2.05, 4.69) is 0 Å². The number of carbonyl (C=O) groups is 1. The number of hydrogen-bond acceptors (Lipinski definition) is 3. The summed E-state index contributed by atoms with van der Waals surface area (Å²) in [5, 5.41) is 8.53. The van der Waals surface area contributed by atoms with E-state index in [-0.39, 0.29) is 10.8 Å². The Balaban J connectivity index is 3.24. The molecule has 0 saturated heterocycles. The summed E-state index contributed by atoms with van der Waals surface area (Å²) in [5.41, 5.74) is -1.18. The van der Waals surface area contributed by atoms with Gasteiger partial charge in [0.2, 0.25) is 10.0 Å². The number of sulfonamides is 1. The van der Waals surface area contributed by atoms with Gasteiger partial charge in [-0.2, -0.15) is 0 Å². The molecule has 0 spiro atoms. The summed E-state index contributed by atoms with van der Waals surface area (Å²) in [6.45, 7) is 1.64. The van der Waals surface area contributed by atoms with Crippen LogP contribution in [0.25, 0.3) is 0 Å². The zero-order valence-electron chi connectivity index (χ0n) is 9.41. The van der Waals surface area contributed by atoms with Crippen LogP contribution in [0.1, 0.15) is 23.7 Å². The van der Waals surface area contributed by atoms with Gasteiger partial charge in [0.25, 0.3) is 0 Å². The number of hydrogen-bond donors (Lipinski definition) is 2. The maximum absolute atomic E-state index is 13.8. The summed E-state index contributed by atoms with van der Waals surface area (Å²) >= 11 is 5.65. The van der Waals surface area contributed by atoms with Crippen molar-refractivity contribution in [1.29, 1.82) is 0 Å². The molecule has 1 aromatic rings. The van der Waals surface area contributed by atoms with Gasteiger partial charge in [-0.1, -0.05) is 18.5 Å². The van der Waals surface area contributed by atoms with Gasteiger partial charge in [-0.25, -0.2) is 17.6 Å². The lowest BCUT2D eigenvalue weighted by molar-refractivity contribution is 0.0692. The zero-order valence-corrected chi connectivity index (χ0v) is 11.0. The minimum Gasteiger partial charge on any atom is -0.478 e. The normalized spacial score (nSPS) is 11.3. The highest BCUT2D eigenvalue weighted by atomic mass is 35.5. The van der Waals surface area contributed by atoms with Gasteiger partial charge in [0, 0.05) is 0 Å². The van der Waals surface area contributed by atoms with Crippen molar-refractivity contribution in [2.75, 3.05) is 10.5 Å². The molecule has 2 N–H and O–H groups in total. The predicted molar refractivity (Wildman–Crippen MR) is 66.1 cm³/mol. The third-order valence-corrected chi connectivity index (χ3v) is 3.83. The first-order chi connectivity index (χ1) is 8.28. The fraction of sp³-hybridized carbons (Fsp3) is 0.300. The number of nitrogens with one attached hydrogen (secondary N) is 1. The molecule has 0 atom stereocenters. The standard InChI is InChI=1S/C10H11ClFNO4S/c1-2-5-18(16,17)13-9-7(11)4-3-6(8(9)12)10(14)15/h3-4,13H,2,5H2,1H3,(H,14,15). The quantitative estimate of drug-likeness (QED) is 0.873. The molecule has 0 fully saturated rings. The number of carboxylic acids is 1. The van der Waals surface area contributed by atoms with Crippen LogP contribution in [-0.2, 0) is 10.0 Å². The van der Waals surface area contributed by atoms with Crippen LogP contribution in [0.3, 0.4) is 0 Å². The highest BCUT2D eigenvalue weighted by Gasteiger charge is 2.20. The van der Waals surface area contributed by atoms with Gasteiger partial charge in [0.15, 0.2) is 5.82 Å². The van der Waals surface area contributed by atoms with Gasteiger partial charge in [0.1, 0.15) is 5.69 Å². The lowest BCUT2D eigenvalue weighted by Gasteiger charge is -2.11. The van der Waals surface area contributed by atoms with Gasteiger partial charge in [-0.3, -0.25) is 4.72 Å². The number of benzene rings is 1. The summed E-state index contributed by atoms with van der Waals surface area (Å²) in [6.07, 6.45) is 0.340. The Morgan fingerprint density at radius 2 is 2.11 bits per heavy atom. The number of rotatable bonds is 5. The van der Waals surface area contributed by atoms with Crippen LogP contribution in [0.15, 0.2) is 12.1 Å². The number of aromatic carboxylic acids is 1. The summed E-state index contributed by atoms with van der Waals surface area (Å²) in [6, 6.07) is 2.09. The first kappa shape index (κ1) is 14.7. The third kappa shape index (κ3) is 3.33. The molecule has 5 nitrogen and oxygen atoms in total. The average Bonchev–Trinajstić information content (AvgIpc) is 2.23. The smallest absolute Gasteiger partial charge is 0.338 e. The van der Waals surface area contributed by atoms with Crippen molar-refractivity contribution in [2.24, 2.45) is 0 Å². The molecule has 0 saturated carbocycles. The van der Waals surface area contributed by atoms with Gasteiger partial charge in [-0.15, -0.1) is 0 Å². The van der Waals surface area contributed by atoms with Crippen LogP contribution in [0.2, 0.25) is 5.02 Å². The summed E-state index contributed by atoms with van der Waals surface area (Å²) in [5.74, 6) is -2.91. The van der Waals surface area contributed by atoms with Crippen molar-refractivity contribution >= 4 is 33.3 Å². The molecular weight excluding hydrogens is 285 g/mol. The van der Waals surface area contributed by atoms with E-state index in [0.29, 0.717) is 6.42 Å². The van der Waals surface area contributed by atoms with Crippen LogP contribution in [0, 0.1) is 5.82 Å². The monoisotopic (exact) mass is 295 g/mol. The van der Waals surface area contributed by atoms with E-state index in [1.165, 1.54) is 0 Å². The van der Waals surface area contributed by atoms with Crippen molar-refractivity contribution in [1.82, 2.24) is 0 Å². The Hall–Kier alpha value is -1.34. The van der Waals surface area contributed by atoms with Gasteiger partial charge < -0.3 is 5.11 Å². The van der Waals surface area contributed by atoms with Crippen LogP contribution in [-0.4, -0.2) is 25.2 Å². The highest BCUT2D eigenvalue weighted by Crippen LogP contribution is 2.28. The molecule has 100 valence electrons. The molecule has 0 heterocycles. The van der Waals surface area contributed by atoms with E-state index in [9.17, 15) is 17.6 Å². The van der Waals surface area contributed by atoms with Gasteiger partial charge in [-0.05, 0) is 18.6 Å². The van der Waals surface area contributed by atoms with Crippen molar-refractivity contribution < 1.29 is 22.7 Å². The third-order valence-electron chi connectivity index (χ3n) is 2.05. The van der Waals surface area contributed by atoms with Crippen molar-refractivity contribution in [3.8, 4) is 0 Å². The molecule has 1 rings (SSSR count). The molecule has 18 heavy (non-hydrogen) atoms. The maximum atomic E-state index is 13.8. The van der Waals surface area contributed by atoms with E-state index in [4.69, 9.17) is 16.7 Å². The van der Waals surface area contributed by atoms with Crippen LogP contribution in [0.5, 0.6) is 0 Å². The molecule has 0 bridgehead atoms. The molecule has 0 aliphatic rings. The minimum absolute atomic E-state index is 0.197. The Labute approximate surface area is 109 Å².